The first-order valence-electron chi connectivity index (χ1n) is 5.95. The monoisotopic (exact) mass is 286 g/mol. The van der Waals surface area contributed by atoms with Crippen molar-refractivity contribution in [1.29, 1.82) is 0 Å². The molecule has 0 aliphatic heterocycles. The highest BCUT2D eigenvalue weighted by Gasteiger charge is 2.14. The Balaban J connectivity index is 2.02. The van der Waals surface area contributed by atoms with Gasteiger partial charge in [0.1, 0.15) is 5.69 Å². The molecule has 0 unspecified atom stereocenters. The van der Waals surface area contributed by atoms with Crippen molar-refractivity contribution in [2.24, 2.45) is 0 Å². The summed E-state index contributed by atoms with van der Waals surface area (Å²) in [7, 11) is 0. The molecule has 0 atom stereocenters. The van der Waals surface area contributed by atoms with Crippen LogP contribution in [-0.2, 0) is 0 Å². The number of hydrogen-bond donors (Lipinski definition) is 1. The average Bonchev–Trinajstić information content (AvgIpc) is 2.88. The molecule has 0 aliphatic carbocycles. The quantitative estimate of drug-likeness (QED) is 0.731. The van der Waals surface area contributed by atoms with Crippen LogP contribution >= 0.6 is 11.6 Å². The Labute approximate surface area is 120 Å². The minimum absolute atomic E-state index is 0.341. The Morgan fingerprint density at radius 1 is 1.20 bits per heavy atom. The average molecular weight is 287 g/mol. The Bertz CT molecular complexity index is 769. The standard InChI is InChI=1S/C14H11ClN4O/c1-8-4-5-17-12(6-8)13-18-14(20-19-13)10-3-2-9(16)7-11(10)15/h2-7H,16H2,1H3. The predicted octanol–water partition coefficient (Wildman–Crippen LogP) is 3.34. The van der Waals surface area contributed by atoms with Gasteiger partial charge in [0.2, 0.25) is 5.82 Å². The lowest BCUT2D eigenvalue weighted by atomic mass is 10.2. The van der Waals surface area contributed by atoms with Gasteiger partial charge >= 0.3 is 0 Å². The zero-order valence-corrected chi connectivity index (χ0v) is 11.4. The van der Waals surface area contributed by atoms with Crippen molar-refractivity contribution in [3.8, 4) is 23.0 Å². The number of nitrogen functional groups attached to an aromatic ring is 1. The van der Waals surface area contributed by atoms with E-state index in [0.29, 0.717) is 33.7 Å². The van der Waals surface area contributed by atoms with Crippen LogP contribution < -0.4 is 5.73 Å². The number of nitrogens with zero attached hydrogens (tertiary/aromatic N) is 3. The van der Waals surface area contributed by atoms with E-state index in [0.717, 1.165) is 5.56 Å². The molecule has 0 fully saturated rings. The summed E-state index contributed by atoms with van der Waals surface area (Å²) in [6, 6.07) is 8.92. The van der Waals surface area contributed by atoms with Crippen LogP contribution in [0.25, 0.3) is 23.0 Å². The number of aromatic nitrogens is 3. The summed E-state index contributed by atoms with van der Waals surface area (Å²) in [4.78, 5) is 8.53. The van der Waals surface area contributed by atoms with Gasteiger partial charge in [-0.1, -0.05) is 16.8 Å². The minimum atomic E-state index is 0.341. The van der Waals surface area contributed by atoms with Crippen molar-refractivity contribution >= 4 is 17.3 Å². The summed E-state index contributed by atoms with van der Waals surface area (Å²) < 4.78 is 5.24. The topological polar surface area (TPSA) is 77.8 Å². The molecular formula is C14H11ClN4O. The normalized spacial score (nSPS) is 10.7. The first-order valence-corrected chi connectivity index (χ1v) is 6.33. The SMILES string of the molecule is Cc1ccnc(-c2noc(-c3ccc(N)cc3Cl)n2)c1. The maximum Gasteiger partial charge on any atom is 0.259 e. The molecular weight excluding hydrogens is 276 g/mol. The first-order chi connectivity index (χ1) is 9.63. The molecule has 5 nitrogen and oxygen atoms in total. The molecule has 6 heteroatoms. The van der Waals surface area contributed by atoms with Gasteiger partial charge in [-0.05, 0) is 42.8 Å². The molecule has 3 rings (SSSR count). The van der Waals surface area contributed by atoms with E-state index >= 15 is 0 Å². The molecule has 3 aromatic rings. The van der Waals surface area contributed by atoms with Gasteiger partial charge < -0.3 is 10.3 Å². The number of aryl methyl sites for hydroxylation is 1. The second-order valence-electron chi connectivity index (χ2n) is 4.38. The number of pyridine rings is 1. The first kappa shape index (κ1) is 12.6. The highest BCUT2D eigenvalue weighted by Crippen LogP contribution is 2.29. The minimum Gasteiger partial charge on any atom is -0.399 e. The molecule has 0 radical (unpaired) electrons. The fourth-order valence-electron chi connectivity index (χ4n) is 1.80. The number of nitrogens with two attached hydrogens (primary N) is 1. The number of halogens is 1. The second-order valence-corrected chi connectivity index (χ2v) is 4.79. The molecule has 0 saturated carbocycles. The van der Waals surface area contributed by atoms with Crippen LogP contribution in [0.4, 0.5) is 5.69 Å². The van der Waals surface area contributed by atoms with Gasteiger partial charge in [0, 0.05) is 11.9 Å². The Kier molecular flexibility index (Phi) is 3.12. The largest absolute Gasteiger partial charge is 0.399 e. The summed E-state index contributed by atoms with van der Waals surface area (Å²) in [5.41, 5.74) is 8.62. The van der Waals surface area contributed by atoms with Crippen molar-refractivity contribution in [2.45, 2.75) is 6.92 Å². The van der Waals surface area contributed by atoms with Crippen molar-refractivity contribution in [3.63, 3.8) is 0 Å². The molecule has 20 heavy (non-hydrogen) atoms. The van der Waals surface area contributed by atoms with E-state index < -0.39 is 0 Å². The summed E-state index contributed by atoms with van der Waals surface area (Å²) in [5, 5.41) is 4.40. The van der Waals surface area contributed by atoms with E-state index in [2.05, 4.69) is 15.1 Å². The van der Waals surface area contributed by atoms with E-state index in [9.17, 15) is 0 Å². The zero-order valence-electron chi connectivity index (χ0n) is 10.7. The number of anilines is 1. The smallest absolute Gasteiger partial charge is 0.259 e. The van der Waals surface area contributed by atoms with Crippen LogP contribution in [0.5, 0.6) is 0 Å². The molecule has 0 aliphatic rings. The van der Waals surface area contributed by atoms with E-state index in [1.165, 1.54) is 0 Å². The molecule has 0 amide bonds. The van der Waals surface area contributed by atoms with Gasteiger partial charge in [-0.3, -0.25) is 4.98 Å². The van der Waals surface area contributed by atoms with Crippen LogP contribution in [0.15, 0.2) is 41.1 Å². The lowest BCUT2D eigenvalue weighted by Crippen LogP contribution is -1.88. The molecule has 1 aromatic carbocycles. The fourth-order valence-corrected chi connectivity index (χ4v) is 2.07. The summed E-state index contributed by atoms with van der Waals surface area (Å²) in [5.74, 6) is 0.768. The van der Waals surface area contributed by atoms with Gasteiger partial charge in [-0.15, -0.1) is 0 Å². The maximum atomic E-state index is 6.12. The van der Waals surface area contributed by atoms with Gasteiger partial charge in [0.05, 0.1) is 10.6 Å². The third-order valence-electron chi connectivity index (χ3n) is 2.79. The number of rotatable bonds is 2. The van der Waals surface area contributed by atoms with Crippen LogP contribution in [0.1, 0.15) is 5.56 Å². The zero-order chi connectivity index (χ0) is 14.1. The second kappa shape index (κ2) is 4.94. The number of benzene rings is 1. The number of hydrogen-bond acceptors (Lipinski definition) is 5. The Morgan fingerprint density at radius 2 is 2.05 bits per heavy atom. The molecule has 0 bridgehead atoms. The summed E-state index contributed by atoms with van der Waals surface area (Å²) in [6.45, 7) is 1.98. The van der Waals surface area contributed by atoms with Crippen molar-refractivity contribution in [1.82, 2.24) is 15.1 Å². The predicted molar refractivity (Wildman–Crippen MR) is 77.1 cm³/mol. The van der Waals surface area contributed by atoms with Crippen LogP contribution in [-0.4, -0.2) is 15.1 Å². The van der Waals surface area contributed by atoms with Crippen LogP contribution in [0.2, 0.25) is 5.02 Å². The lowest BCUT2D eigenvalue weighted by Gasteiger charge is -1.99. The van der Waals surface area contributed by atoms with Gasteiger partial charge in [-0.2, -0.15) is 4.98 Å². The summed E-state index contributed by atoms with van der Waals surface area (Å²) >= 11 is 6.12. The fraction of sp³-hybridized carbons (Fsp3) is 0.0714. The van der Waals surface area contributed by atoms with Crippen LogP contribution in [0.3, 0.4) is 0 Å². The van der Waals surface area contributed by atoms with Gasteiger partial charge in [-0.25, -0.2) is 0 Å². The molecule has 2 N–H and O–H groups in total. The van der Waals surface area contributed by atoms with E-state index in [-0.39, 0.29) is 0 Å². The lowest BCUT2D eigenvalue weighted by molar-refractivity contribution is 0.432. The summed E-state index contributed by atoms with van der Waals surface area (Å²) in [6.07, 6.45) is 1.71. The Morgan fingerprint density at radius 3 is 2.80 bits per heavy atom. The molecule has 0 saturated heterocycles. The van der Waals surface area contributed by atoms with Crippen molar-refractivity contribution in [2.75, 3.05) is 5.73 Å². The molecule has 2 heterocycles. The van der Waals surface area contributed by atoms with E-state index in [4.69, 9.17) is 21.9 Å². The Hall–Kier alpha value is -2.40. The van der Waals surface area contributed by atoms with Gasteiger partial charge in [0.25, 0.3) is 5.89 Å². The molecule has 100 valence electrons. The third-order valence-corrected chi connectivity index (χ3v) is 3.11. The van der Waals surface area contributed by atoms with Crippen molar-refractivity contribution < 1.29 is 4.52 Å². The third kappa shape index (κ3) is 2.35. The molecule has 0 spiro atoms. The van der Waals surface area contributed by atoms with E-state index in [1.54, 1.807) is 24.4 Å². The maximum absolute atomic E-state index is 6.12. The highest BCUT2D eigenvalue weighted by atomic mass is 35.5. The van der Waals surface area contributed by atoms with Crippen LogP contribution in [0, 0.1) is 6.92 Å². The van der Waals surface area contributed by atoms with Gasteiger partial charge in [0.15, 0.2) is 0 Å². The van der Waals surface area contributed by atoms with Crippen molar-refractivity contribution in [3.05, 3.63) is 47.1 Å². The van der Waals surface area contributed by atoms with E-state index in [1.807, 2.05) is 19.1 Å². The molecule has 2 aromatic heterocycles. The highest BCUT2D eigenvalue weighted by molar-refractivity contribution is 6.33.